The van der Waals surface area contributed by atoms with Crippen molar-refractivity contribution in [3.63, 3.8) is 0 Å². The number of rotatable bonds is 3. The molecule has 27 heavy (non-hydrogen) atoms. The predicted octanol–water partition coefficient (Wildman–Crippen LogP) is 2.28. The van der Waals surface area contributed by atoms with Gasteiger partial charge in [-0.2, -0.15) is 0 Å². The highest BCUT2D eigenvalue weighted by Gasteiger charge is 2.33. The fourth-order valence-electron chi connectivity index (χ4n) is 3.82. The van der Waals surface area contributed by atoms with Gasteiger partial charge in [-0.1, -0.05) is 41.7 Å². The highest BCUT2D eigenvalue weighted by atomic mass is 32.1. The number of thiazole rings is 1. The molecule has 2 atom stereocenters. The van der Waals surface area contributed by atoms with Gasteiger partial charge < -0.3 is 19.6 Å². The van der Waals surface area contributed by atoms with Crippen LogP contribution in [0.1, 0.15) is 33.3 Å². The maximum Gasteiger partial charge on any atom is 0.266 e. The smallest absolute Gasteiger partial charge is 0.266 e. The quantitative estimate of drug-likeness (QED) is 0.875. The Hall–Kier alpha value is -1.96. The first kappa shape index (κ1) is 18.4. The summed E-state index contributed by atoms with van der Waals surface area (Å²) in [5, 5.41) is 11.5. The molecule has 0 unspecified atom stereocenters. The lowest BCUT2D eigenvalue weighted by atomic mass is 9.87. The summed E-state index contributed by atoms with van der Waals surface area (Å²) in [7, 11) is 0. The lowest BCUT2D eigenvalue weighted by Gasteiger charge is -2.36. The fraction of sp³-hybridized carbons (Fsp3) is 0.500. The molecule has 144 valence electrons. The summed E-state index contributed by atoms with van der Waals surface area (Å²) in [5.41, 5.74) is 1.91. The minimum Gasteiger partial charge on any atom is -0.391 e. The average Bonchev–Trinajstić information content (AvgIpc) is 3.10. The predicted molar refractivity (Wildman–Crippen MR) is 106 cm³/mol. The van der Waals surface area contributed by atoms with Crippen LogP contribution >= 0.6 is 11.3 Å². The molecule has 2 fully saturated rings. The van der Waals surface area contributed by atoms with Crippen molar-refractivity contribution in [1.82, 2.24) is 9.88 Å². The number of morpholine rings is 1. The molecule has 2 saturated heterocycles. The standard InChI is InChI=1S/C20H25N3O3S/c1-14-18(27-20(21-14)22-9-11-26-12-10-22)19(25)23-8-7-16(17(24)13-23)15-5-3-2-4-6-15/h2-6,16-17,24H,7-13H2,1H3/t16-,17-/m1/s1. The number of nitrogens with zero attached hydrogens (tertiary/aromatic N) is 3. The van der Waals surface area contributed by atoms with Gasteiger partial charge >= 0.3 is 0 Å². The molecule has 0 radical (unpaired) electrons. The van der Waals surface area contributed by atoms with Crippen molar-refractivity contribution in [3.05, 3.63) is 46.5 Å². The van der Waals surface area contributed by atoms with E-state index in [0.29, 0.717) is 31.2 Å². The third-order valence-electron chi connectivity index (χ3n) is 5.36. The Morgan fingerprint density at radius 1 is 1.22 bits per heavy atom. The topological polar surface area (TPSA) is 65.9 Å². The number of piperidine rings is 1. The zero-order valence-corrected chi connectivity index (χ0v) is 16.3. The van der Waals surface area contributed by atoms with Gasteiger partial charge in [-0.05, 0) is 18.9 Å². The summed E-state index contributed by atoms with van der Waals surface area (Å²) in [4.78, 5) is 22.3. The number of amides is 1. The van der Waals surface area contributed by atoms with Crippen LogP contribution < -0.4 is 4.90 Å². The molecule has 7 heteroatoms. The number of ether oxygens (including phenoxy) is 1. The third-order valence-corrected chi connectivity index (χ3v) is 6.56. The van der Waals surface area contributed by atoms with Gasteiger partial charge in [0.1, 0.15) is 4.88 Å². The fourth-order valence-corrected chi connectivity index (χ4v) is 4.91. The van der Waals surface area contributed by atoms with Gasteiger partial charge in [0.05, 0.1) is 25.0 Å². The number of aliphatic hydroxyl groups is 1. The molecular formula is C20H25N3O3S. The lowest BCUT2D eigenvalue weighted by molar-refractivity contribution is 0.0385. The second kappa shape index (κ2) is 7.96. The van der Waals surface area contributed by atoms with E-state index in [1.807, 2.05) is 37.3 Å². The van der Waals surface area contributed by atoms with Gasteiger partial charge in [0.15, 0.2) is 5.13 Å². The van der Waals surface area contributed by atoms with Gasteiger partial charge in [0, 0.05) is 32.1 Å². The summed E-state index contributed by atoms with van der Waals surface area (Å²) in [6.45, 7) is 5.91. The molecule has 2 aliphatic heterocycles. The van der Waals surface area contributed by atoms with Crippen LogP contribution in [0.3, 0.4) is 0 Å². The van der Waals surface area contributed by atoms with E-state index in [4.69, 9.17) is 4.74 Å². The monoisotopic (exact) mass is 387 g/mol. The molecule has 4 rings (SSSR count). The highest BCUT2D eigenvalue weighted by molar-refractivity contribution is 7.17. The van der Waals surface area contributed by atoms with Crippen LogP contribution in [0.2, 0.25) is 0 Å². The summed E-state index contributed by atoms with van der Waals surface area (Å²) in [5.74, 6) is 0.0665. The number of carbonyl (C=O) groups is 1. The van der Waals surface area contributed by atoms with Crippen LogP contribution in [0.25, 0.3) is 0 Å². The molecule has 0 bridgehead atoms. The van der Waals surface area contributed by atoms with E-state index in [1.54, 1.807) is 4.90 Å². The second-order valence-corrected chi connectivity index (χ2v) is 8.11. The van der Waals surface area contributed by atoms with E-state index in [0.717, 1.165) is 35.9 Å². The van der Waals surface area contributed by atoms with E-state index in [1.165, 1.54) is 11.3 Å². The molecular weight excluding hydrogens is 362 g/mol. The molecule has 1 N–H and O–H groups in total. The van der Waals surface area contributed by atoms with Crippen molar-refractivity contribution in [2.75, 3.05) is 44.3 Å². The number of aryl methyl sites for hydroxylation is 1. The SMILES string of the molecule is Cc1nc(N2CCOCC2)sc1C(=O)N1CC[C@H](c2ccccc2)[C@H](O)C1. The van der Waals surface area contributed by atoms with Crippen molar-refractivity contribution >= 4 is 22.4 Å². The molecule has 3 heterocycles. The minimum atomic E-state index is -0.544. The number of aromatic nitrogens is 1. The van der Waals surface area contributed by atoms with Gasteiger partial charge in [0.25, 0.3) is 5.91 Å². The molecule has 1 aromatic carbocycles. The summed E-state index contributed by atoms with van der Waals surface area (Å²) in [6, 6.07) is 10.1. The normalized spacial score (nSPS) is 23.5. The minimum absolute atomic E-state index is 0.0185. The molecule has 2 aromatic rings. The molecule has 6 nitrogen and oxygen atoms in total. The van der Waals surface area contributed by atoms with Crippen LogP contribution in [0.5, 0.6) is 0 Å². The summed E-state index contributed by atoms with van der Waals surface area (Å²) < 4.78 is 5.39. The number of hydrogen-bond donors (Lipinski definition) is 1. The second-order valence-electron chi connectivity index (χ2n) is 7.13. The maximum atomic E-state index is 13.0. The zero-order chi connectivity index (χ0) is 18.8. The van der Waals surface area contributed by atoms with Gasteiger partial charge in [-0.15, -0.1) is 0 Å². The summed E-state index contributed by atoms with van der Waals surface area (Å²) >= 11 is 1.45. The van der Waals surface area contributed by atoms with E-state index >= 15 is 0 Å². The largest absolute Gasteiger partial charge is 0.391 e. The van der Waals surface area contributed by atoms with Gasteiger partial charge in [0.2, 0.25) is 0 Å². The third kappa shape index (κ3) is 3.85. The molecule has 1 amide bonds. The van der Waals surface area contributed by atoms with Crippen molar-refractivity contribution < 1.29 is 14.6 Å². The van der Waals surface area contributed by atoms with Crippen molar-refractivity contribution in [2.45, 2.75) is 25.4 Å². The first-order chi connectivity index (χ1) is 13.1. The molecule has 2 aliphatic rings. The van der Waals surface area contributed by atoms with Crippen LogP contribution in [0, 0.1) is 6.92 Å². The van der Waals surface area contributed by atoms with E-state index in [-0.39, 0.29) is 11.8 Å². The van der Waals surface area contributed by atoms with Crippen molar-refractivity contribution in [2.24, 2.45) is 0 Å². The molecule has 1 aromatic heterocycles. The number of carbonyl (C=O) groups excluding carboxylic acids is 1. The Labute approximate surface area is 163 Å². The first-order valence-corrected chi connectivity index (χ1v) is 10.3. The van der Waals surface area contributed by atoms with Crippen molar-refractivity contribution in [1.29, 1.82) is 0 Å². The Kier molecular flexibility index (Phi) is 5.43. The van der Waals surface area contributed by atoms with Gasteiger partial charge in [-0.3, -0.25) is 4.79 Å². The maximum absolute atomic E-state index is 13.0. The van der Waals surface area contributed by atoms with E-state index in [9.17, 15) is 9.90 Å². The van der Waals surface area contributed by atoms with Crippen LogP contribution in [0.4, 0.5) is 5.13 Å². The Morgan fingerprint density at radius 2 is 1.96 bits per heavy atom. The zero-order valence-electron chi connectivity index (χ0n) is 15.5. The van der Waals surface area contributed by atoms with Crippen LogP contribution in [-0.2, 0) is 4.74 Å². The highest BCUT2D eigenvalue weighted by Crippen LogP contribution is 2.32. The average molecular weight is 388 g/mol. The first-order valence-electron chi connectivity index (χ1n) is 9.46. The van der Waals surface area contributed by atoms with Crippen LogP contribution in [-0.4, -0.2) is 66.4 Å². The van der Waals surface area contributed by atoms with E-state index in [2.05, 4.69) is 9.88 Å². The van der Waals surface area contributed by atoms with Crippen LogP contribution in [0.15, 0.2) is 30.3 Å². The number of β-amino-alcohol motifs (C(OH)–C–C–N with tert-alkyl or cyclic N) is 1. The molecule has 0 saturated carbocycles. The number of likely N-dealkylation sites (tertiary alicyclic amines) is 1. The number of hydrogen-bond acceptors (Lipinski definition) is 6. The number of anilines is 1. The Morgan fingerprint density at radius 3 is 2.67 bits per heavy atom. The van der Waals surface area contributed by atoms with Gasteiger partial charge in [-0.25, -0.2) is 4.98 Å². The number of aliphatic hydroxyl groups excluding tert-OH is 1. The lowest BCUT2D eigenvalue weighted by Crippen LogP contribution is -2.45. The van der Waals surface area contributed by atoms with Crippen molar-refractivity contribution in [3.8, 4) is 0 Å². The Balaban J connectivity index is 1.45. The number of benzene rings is 1. The summed E-state index contributed by atoms with van der Waals surface area (Å²) in [6.07, 6.45) is 0.225. The Bertz CT molecular complexity index is 789. The molecule has 0 spiro atoms. The van der Waals surface area contributed by atoms with E-state index < -0.39 is 6.10 Å². The molecule has 0 aliphatic carbocycles.